The van der Waals surface area contributed by atoms with Crippen LogP contribution in [0.1, 0.15) is 22.3 Å². The van der Waals surface area contributed by atoms with Crippen molar-refractivity contribution in [2.24, 2.45) is 5.92 Å². The van der Waals surface area contributed by atoms with Gasteiger partial charge < -0.3 is 20.5 Å². The van der Waals surface area contributed by atoms with Gasteiger partial charge in [-0.05, 0) is 24.0 Å². The standard InChI is InChI=1S/C22H28ClN3O3/c1-24-20-10-21(29-2)18(9-19(20)23)22(28)25-11-16-8-17(14-27)26(13-16)12-15-6-4-3-5-7-15/h3-7,9-10,16-17,24,27H,8,11-14H2,1-2H3,(H,25,28)/t16-,17-/m0/s1. The van der Waals surface area contributed by atoms with Gasteiger partial charge in [0.15, 0.2) is 0 Å². The zero-order valence-electron chi connectivity index (χ0n) is 16.8. The normalized spacial score (nSPS) is 19.2. The van der Waals surface area contributed by atoms with Crippen molar-refractivity contribution in [1.29, 1.82) is 0 Å². The van der Waals surface area contributed by atoms with Crippen LogP contribution in [0, 0.1) is 5.92 Å². The van der Waals surface area contributed by atoms with Gasteiger partial charge in [-0.3, -0.25) is 9.69 Å². The van der Waals surface area contributed by atoms with Gasteiger partial charge in [-0.1, -0.05) is 41.9 Å². The van der Waals surface area contributed by atoms with Crippen molar-refractivity contribution in [3.05, 3.63) is 58.6 Å². The second kappa shape index (κ2) is 9.96. The van der Waals surface area contributed by atoms with Crippen molar-refractivity contribution in [3.63, 3.8) is 0 Å². The largest absolute Gasteiger partial charge is 0.496 e. The number of aliphatic hydroxyl groups excluding tert-OH is 1. The van der Waals surface area contributed by atoms with E-state index in [1.165, 1.54) is 12.7 Å². The van der Waals surface area contributed by atoms with E-state index in [4.69, 9.17) is 16.3 Å². The predicted molar refractivity (Wildman–Crippen MR) is 116 cm³/mol. The van der Waals surface area contributed by atoms with Crippen LogP contribution in [-0.4, -0.2) is 55.8 Å². The van der Waals surface area contributed by atoms with Gasteiger partial charge in [0.25, 0.3) is 5.91 Å². The highest BCUT2D eigenvalue weighted by molar-refractivity contribution is 6.33. The Bertz CT molecular complexity index is 832. The predicted octanol–water partition coefficient (Wildman–Crippen LogP) is 3.00. The number of aliphatic hydroxyl groups is 1. The van der Waals surface area contributed by atoms with Gasteiger partial charge in [-0.25, -0.2) is 0 Å². The summed E-state index contributed by atoms with van der Waals surface area (Å²) in [5, 5.41) is 16.2. The molecule has 0 aliphatic carbocycles. The molecule has 2 atom stereocenters. The average molecular weight is 418 g/mol. The molecule has 1 heterocycles. The molecule has 1 fully saturated rings. The lowest BCUT2D eigenvalue weighted by atomic mass is 10.1. The molecule has 2 aromatic carbocycles. The minimum Gasteiger partial charge on any atom is -0.496 e. The summed E-state index contributed by atoms with van der Waals surface area (Å²) < 4.78 is 5.35. The summed E-state index contributed by atoms with van der Waals surface area (Å²) in [5.41, 5.74) is 2.34. The zero-order valence-corrected chi connectivity index (χ0v) is 17.6. The molecule has 0 radical (unpaired) electrons. The van der Waals surface area contributed by atoms with Gasteiger partial charge in [0.2, 0.25) is 0 Å². The first-order valence-electron chi connectivity index (χ1n) is 9.78. The average Bonchev–Trinajstić information content (AvgIpc) is 3.14. The number of anilines is 1. The molecule has 0 bridgehead atoms. The molecule has 1 saturated heterocycles. The highest BCUT2D eigenvalue weighted by atomic mass is 35.5. The fraction of sp³-hybridized carbons (Fsp3) is 0.409. The number of carbonyl (C=O) groups is 1. The van der Waals surface area contributed by atoms with Gasteiger partial charge in [0, 0.05) is 38.8 Å². The second-order valence-electron chi connectivity index (χ2n) is 7.35. The minimum atomic E-state index is -0.214. The van der Waals surface area contributed by atoms with E-state index in [0.29, 0.717) is 28.6 Å². The van der Waals surface area contributed by atoms with Gasteiger partial charge in [-0.15, -0.1) is 0 Å². The van der Waals surface area contributed by atoms with Crippen LogP contribution < -0.4 is 15.4 Å². The first-order valence-corrected chi connectivity index (χ1v) is 10.2. The van der Waals surface area contributed by atoms with Crippen molar-refractivity contribution >= 4 is 23.2 Å². The Hall–Kier alpha value is -2.28. The molecular weight excluding hydrogens is 390 g/mol. The molecule has 3 rings (SSSR count). The van der Waals surface area contributed by atoms with E-state index in [1.807, 2.05) is 18.2 Å². The lowest BCUT2D eigenvalue weighted by Gasteiger charge is -2.22. The lowest BCUT2D eigenvalue weighted by Crippen LogP contribution is -2.32. The quantitative estimate of drug-likeness (QED) is 0.615. The molecule has 0 saturated carbocycles. The Labute approximate surface area is 176 Å². The number of carbonyl (C=O) groups excluding carboxylic acids is 1. The highest BCUT2D eigenvalue weighted by Crippen LogP contribution is 2.31. The van der Waals surface area contributed by atoms with E-state index in [-0.39, 0.29) is 24.5 Å². The fourth-order valence-corrected chi connectivity index (χ4v) is 4.12. The molecule has 1 aliphatic heterocycles. The Kier molecular flexibility index (Phi) is 7.36. The van der Waals surface area contributed by atoms with E-state index in [9.17, 15) is 9.90 Å². The molecule has 0 spiro atoms. The second-order valence-corrected chi connectivity index (χ2v) is 7.75. The molecule has 1 aliphatic rings. The van der Waals surface area contributed by atoms with E-state index < -0.39 is 0 Å². The number of ether oxygens (including phenoxy) is 1. The third-order valence-corrected chi connectivity index (χ3v) is 5.72. The number of halogens is 1. The van der Waals surface area contributed by atoms with Crippen LogP contribution in [0.5, 0.6) is 5.75 Å². The highest BCUT2D eigenvalue weighted by Gasteiger charge is 2.31. The van der Waals surface area contributed by atoms with E-state index in [2.05, 4.69) is 27.7 Å². The van der Waals surface area contributed by atoms with Crippen LogP contribution in [0.4, 0.5) is 5.69 Å². The number of amides is 1. The first-order chi connectivity index (χ1) is 14.0. The maximum atomic E-state index is 12.7. The van der Waals surface area contributed by atoms with Crippen LogP contribution in [0.2, 0.25) is 5.02 Å². The van der Waals surface area contributed by atoms with Crippen LogP contribution in [0.25, 0.3) is 0 Å². The summed E-state index contributed by atoms with van der Waals surface area (Å²) in [6.07, 6.45) is 0.847. The summed E-state index contributed by atoms with van der Waals surface area (Å²) in [5.74, 6) is 0.535. The Balaban J connectivity index is 1.61. The number of likely N-dealkylation sites (tertiary alicyclic amines) is 1. The maximum absolute atomic E-state index is 12.7. The van der Waals surface area contributed by atoms with E-state index in [0.717, 1.165) is 19.5 Å². The van der Waals surface area contributed by atoms with Crippen molar-refractivity contribution in [3.8, 4) is 5.75 Å². The number of rotatable bonds is 8. The molecule has 0 unspecified atom stereocenters. The lowest BCUT2D eigenvalue weighted by molar-refractivity contribution is 0.0944. The fourth-order valence-electron chi connectivity index (χ4n) is 3.86. The number of nitrogens with zero attached hydrogens (tertiary/aromatic N) is 1. The van der Waals surface area contributed by atoms with Crippen LogP contribution in [0.3, 0.4) is 0 Å². The van der Waals surface area contributed by atoms with Crippen LogP contribution in [0.15, 0.2) is 42.5 Å². The SMILES string of the molecule is CNc1cc(OC)c(C(=O)NC[C@@H]2C[C@@H](CO)N(Cc3ccccc3)C2)cc1Cl. The van der Waals surface area contributed by atoms with Gasteiger partial charge in [-0.2, -0.15) is 0 Å². The molecule has 2 aromatic rings. The van der Waals surface area contributed by atoms with Crippen molar-refractivity contribution in [2.45, 2.75) is 19.0 Å². The van der Waals surface area contributed by atoms with E-state index >= 15 is 0 Å². The summed E-state index contributed by atoms with van der Waals surface area (Å²) in [6, 6.07) is 13.7. The third-order valence-electron chi connectivity index (χ3n) is 5.41. The molecule has 7 heteroatoms. The molecule has 6 nitrogen and oxygen atoms in total. The Morgan fingerprint density at radius 3 is 2.72 bits per heavy atom. The smallest absolute Gasteiger partial charge is 0.255 e. The number of methoxy groups -OCH3 is 1. The number of nitrogens with one attached hydrogen (secondary N) is 2. The van der Waals surface area contributed by atoms with Crippen molar-refractivity contribution in [2.75, 3.05) is 39.2 Å². The zero-order chi connectivity index (χ0) is 20.8. The monoisotopic (exact) mass is 417 g/mol. The molecule has 29 heavy (non-hydrogen) atoms. The van der Waals surface area contributed by atoms with E-state index in [1.54, 1.807) is 19.2 Å². The number of hydrogen-bond acceptors (Lipinski definition) is 5. The maximum Gasteiger partial charge on any atom is 0.255 e. The molecule has 1 amide bonds. The minimum absolute atomic E-state index is 0.107. The van der Waals surface area contributed by atoms with Crippen LogP contribution in [-0.2, 0) is 6.54 Å². The first kappa shape index (κ1) is 21.4. The molecular formula is C22H28ClN3O3. The topological polar surface area (TPSA) is 73.8 Å². The molecule has 156 valence electrons. The van der Waals surface area contributed by atoms with Crippen LogP contribution >= 0.6 is 11.6 Å². The van der Waals surface area contributed by atoms with Crippen molar-refractivity contribution < 1.29 is 14.6 Å². The molecule has 0 aromatic heterocycles. The third kappa shape index (κ3) is 5.21. The summed E-state index contributed by atoms with van der Waals surface area (Å²) in [6.45, 7) is 2.28. The summed E-state index contributed by atoms with van der Waals surface area (Å²) in [4.78, 5) is 15.0. The number of hydrogen-bond donors (Lipinski definition) is 3. The number of benzene rings is 2. The van der Waals surface area contributed by atoms with Gasteiger partial charge >= 0.3 is 0 Å². The Morgan fingerprint density at radius 2 is 2.07 bits per heavy atom. The van der Waals surface area contributed by atoms with Gasteiger partial charge in [0.05, 0.1) is 30.0 Å². The van der Waals surface area contributed by atoms with Crippen molar-refractivity contribution in [1.82, 2.24) is 10.2 Å². The molecule has 3 N–H and O–H groups in total. The Morgan fingerprint density at radius 1 is 1.31 bits per heavy atom. The summed E-state index contributed by atoms with van der Waals surface area (Å²) >= 11 is 6.23. The summed E-state index contributed by atoms with van der Waals surface area (Å²) in [7, 11) is 3.29. The van der Waals surface area contributed by atoms with Gasteiger partial charge in [0.1, 0.15) is 5.75 Å².